The van der Waals surface area contributed by atoms with E-state index in [1.165, 1.54) is 19.4 Å². The molecular weight excluding hydrogens is 110 g/mol. The lowest BCUT2D eigenvalue weighted by Crippen LogP contribution is -2.29. The van der Waals surface area contributed by atoms with Crippen LogP contribution in [0.1, 0.15) is 19.3 Å². The number of hydrogen-bond donors (Lipinski definition) is 1. The molecule has 0 aromatic rings. The van der Waals surface area contributed by atoms with E-state index >= 15 is 0 Å². The van der Waals surface area contributed by atoms with Gasteiger partial charge in [0.2, 0.25) is 0 Å². The second-order valence-corrected chi connectivity index (χ2v) is 2.62. The Morgan fingerprint density at radius 1 is 1.67 bits per heavy atom. The molecule has 9 heavy (non-hydrogen) atoms. The summed E-state index contributed by atoms with van der Waals surface area (Å²) in [5, 5.41) is 3.32. The SMILES string of the molecule is C#CC[C@H]1CCCNC1. The first-order chi connectivity index (χ1) is 4.43. The fraction of sp³-hybridized carbons (Fsp3) is 0.750. The average molecular weight is 123 g/mol. The van der Waals surface area contributed by atoms with E-state index in [2.05, 4.69) is 11.2 Å². The molecule has 1 nitrogen and oxygen atoms in total. The predicted octanol–water partition coefficient (Wildman–Crippen LogP) is 1.01. The summed E-state index contributed by atoms with van der Waals surface area (Å²) in [5.74, 6) is 3.45. The zero-order chi connectivity index (χ0) is 6.53. The van der Waals surface area contributed by atoms with Gasteiger partial charge >= 0.3 is 0 Å². The minimum Gasteiger partial charge on any atom is -0.316 e. The summed E-state index contributed by atoms with van der Waals surface area (Å²) in [6, 6.07) is 0. The van der Waals surface area contributed by atoms with Crippen molar-refractivity contribution < 1.29 is 0 Å². The summed E-state index contributed by atoms with van der Waals surface area (Å²) in [6.45, 7) is 2.31. The van der Waals surface area contributed by atoms with Crippen molar-refractivity contribution in [2.75, 3.05) is 13.1 Å². The van der Waals surface area contributed by atoms with Gasteiger partial charge in [0.25, 0.3) is 0 Å². The molecule has 0 radical (unpaired) electrons. The lowest BCUT2D eigenvalue weighted by Gasteiger charge is -2.20. The molecule has 0 unspecified atom stereocenters. The first-order valence-corrected chi connectivity index (χ1v) is 3.57. The molecule has 0 aromatic carbocycles. The Kier molecular flexibility index (Phi) is 2.60. The van der Waals surface area contributed by atoms with Gasteiger partial charge in [-0.2, -0.15) is 0 Å². The molecule has 50 valence electrons. The summed E-state index contributed by atoms with van der Waals surface area (Å²) in [4.78, 5) is 0. The van der Waals surface area contributed by atoms with Crippen LogP contribution in [0.4, 0.5) is 0 Å². The zero-order valence-electron chi connectivity index (χ0n) is 5.69. The summed E-state index contributed by atoms with van der Waals surface area (Å²) in [5.41, 5.74) is 0. The van der Waals surface area contributed by atoms with Gasteiger partial charge in [-0.1, -0.05) is 0 Å². The highest BCUT2D eigenvalue weighted by molar-refractivity contribution is 4.88. The van der Waals surface area contributed by atoms with E-state index in [9.17, 15) is 0 Å². The second kappa shape index (κ2) is 3.53. The maximum Gasteiger partial charge on any atom is 0.0126 e. The standard InChI is InChI=1S/C8H13N/c1-2-4-8-5-3-6-9-7-8/h1,8-9H,3-7H2/t8-/m0/s1. The van der Waals surface area contributed by atoms with Crippen LogP contribution in [0.3, 0.4) is 0 Å². The van der Waals surface area contributed by atoms with Crippen LogP contribution in [0.25, 0.3) is 0 Å². The van der Waals surface area contributed by atoms with Crippen molar-refractivity contribution in [3.63, 3.8) is 0 Å². The minimum absolute atomic E-state index is 0.753. The first-order valence-electron chi connectivity index (χ1n) is 3.57. The van der Waals surface area contributed by atoms with Gasteiger partial charge in [-0.05, 0) is 31.8 Å². The van der Waals surface area contributed by atoms with Crippen LogP contribution < -0.4 is 5.32 Å². The van der Waals surface area contributed by atoms with Gasteiger partial charge in [0.15, 0.2) is 0 Å². The highest BCUT2D eigenvalue weighted by Gasteiger charge is 2.10. The third-order valence-electron chi connectivity index (χ3n) is 1.81. The maximum absolute atomic E-state index is 5.18. The number of terminal acetylenes is 1. The number of rotatable bonds is 1. The van der Waals surface area contributed by atoms with Crippen molar-refractivity contribution in [1.29, 1.82) is 0 Å². The van der Waals surface area contributed by atoms with E-state index in [4.69, 9.17) is 6.42 Å². The Labute approximate surface area is 56.8 Å². The molecule has 1 rings (SSSR count). The van der Waals surface area contributed by atoms with Crippen molar-refractivity contribution in [1.82, 2.24) is 5.32 Å². The third-order valence-corrected chi connectivity index (χ3v) is 1.81. The Morgan fingerprint density at radius 2 is 2.56 bits per heavy atom. The van der Waals surface area contributed by atoms with Gasteiger partial charge in [-0.3, -0.25) is 0 Å². The Hall–Kier alpha value is -0.480. The first kappa shape index (κ1) is 6.64. The van der Waals surface area contributed by atoms with E-state index in [1.807, 2.05) is 0 Å². The van der Waals surface area contributed by atoms with Crippen LogP contribution in [-0.2, 0) is 0 Å². The number of nitrogens with one attached hydrogen (secondary N) is 1. The van der Waals surface area contributed by atoms with Gasteiger partial charge in [-0.25, -0.2) is 0 Å². The van der Waals surface area contributed by atoms with Crippen molar-refractivity contribution in [3.05, 3.63) is 0 Å². The molecule has 0 amide bonds. The van der Waals surface area contributed by atoms with Crippen LogP contribution in [0.5, 0.6) is 0 Å². The molecule has 1 atom stereocenters. The number of hydrogen-bond acceptors (Lipinski definition) is 1. The Bertz CT molecular complexity index is 106. The quantitative estimate of drug-likeness (QED) is 0.513. The Morgan fingerprint density at radius 3 is 3.11 bits per heavy atom. The molecule has 1 saturated heterocycles. The summed E-state index contributed by atoms with van der Waals surface area (Å²) >= 11 is 0. The Balaban J connectivity index is 2.17. The lowest BCUT2D eigenvalue weighted by atomic mass is 9.97. The fourth-order valence-electron chi connectivity index (χ4n) is 1.26. The van der Waals surface area contributed by atoms with Crippen LogP contribution in [-0.4, -0.2) is 13.1 Å². The minimum atomic E-state index is 0.753. The molecular formula is C8H13N. The highest BCUT2D eigenvalue weighted by Crippen LogP contribution is 2.12. The fourth-order valence-corrected chi connectivity index (χ4v) is 1.26. The second-order valence-electron chi connectivity index (χ2n) is 2.62. The van der Waals surface area contributed by atoms with Crippen molar-refractivity contribution in [2.45, 2.75) is 19.3 Å². The average Bonchev–Trinajstić information content (AvgIpc) is 1.91. The van der Waals surface area contributed by atoms with Gasteiger partial charge in [0, 0.05) is 6.42 Å². The lowest BCUT2D eigenvalue weighted by molar-refractivity contribution is 0.384. The van der Waals surface area contributed by atoms with Gasteiger partial charge in [0.05, 0.1) is 0 Å². The normalized spacial score (nSPS) is 27.2. The summed E-state index contributed by atoms with van der Waals surface area (Å²) < 4.78 is 0. The van der Waals surface area contributed by atoms with E-state index in [-0.39, 0.29) is 0 Å². The molecule has 1 heterocycles. The van der Waals surface area contributed by atoms with E-state index in [1.54, 1.807) is 0 Å². The maximum atomic E-state index is 5.18. The van der Waals surface area contributed by atoms with Crippen LogP contribution in [0.15, 0.2) is 0 Å². The van der Waals surface area contributed by atoms with Gasteiger partial charge in [0.1, 0.15) is 0 Å². The molecule has 1 heteroatoms. The van der Waals surface area contributed by atoms with Crippen LogP contribution >= 0.6 is 0 Å². The molecule has 0 saturated carbocycles. The number of piperidine rings is 1. The molecule has 0 bridgehead atoms. The largest absolute Gasteiger partial charge is 0.316 e. The van der Waals surface area contributed by atoms with E-state index in [0.717, 1.165) is 18.9 Å². The molecule has 1 N–H and O–H groups in total. The van der Waals surface area contributed by atoms with Crippen molar-refractivity contribution in [3.8, 4) is 12.3 Å². The smallest absolute Gasteiger partial charge is 0.0126 e. The molecule has 0 spiro atoms. The summed E-state index contributed by atoms with van der Waals surface area (Å²) in [7, 11) is 0. The molecule has 1 aliphatic rings. The van der Waals surface area contributed by atoms with Gasteiger partial charge < -0.3 is 5.32 Å². The monoisotopic (exact) mass is 123 g/mol. The predicted molar refractivity (Wildman–Crippen MR) is 39.0 cm³/mol. The molecule has 0 aromatic heterocycles. The molecule has 1 fully saturated rings. The van der Waals surface area contributed by atoms with Crippen LogP contribution in [0.2, 0.25) is 0 Å². The zero-order valence-corrected chi connectivity index (χ0v) is 5.69. The van der Waals surface area contributed by atoms with Gasteiger partial charge in [-0.15, -0.1) is 12.3 Å². The molecule has 0 aliphatic carbocycles. The third kappa shape index (κ3) is 2.07. The van der Waals surface area contributed by atoms with Crippen LogP contribution in [0, 0.1) is 18.3 Å². The summed E-state index contributed by atoms with van der Waals surface area (Å²) in [6.07, 6.45) is 8.75. The molecule has 1 aliphatic heterocycles. The van der Waals surface area contributed by atoms with E-state index < -0.39 is 0 Å². The van der Waals surface area contributed by atoms with E-state index in [0.29, 0.717) is 0 Å². The van der Waals surface area contributed by atoms with Crippen molar-refractivity contribution in [2.24, 2.45) is 5.92 Å². The van der Waals surface area contributed by atoms with Crippen molar-refractivity contribution >= 4 is 0 Å². The topological polar surface area (TPSA) is 12.0 Å². The highest BCUT2D eigenvalue weighted by atomic mass is 14.9.